The number of aliphatic carboxylic acids is 2. The van der Waals surface area contributed by atoms with Crippen molar-refractivity contribution in [2.24, 2.45) is 28.4 Å². The van der Waals surface area contributed by atoms with Crippen molar-refractivity contribution in [3.05, 3.63) is 18.2 Å². The van der Waals surface area contributed by atoms with Crippen molar-refractivity contribution >= 4 is 52.8 Å². The van der Waals surface area contributed by atoms with Crippen LogP contribution in [0.1, 0.15) is 208 Å². The maximum Gasteiger partial charge on any atom is 0.306 e. The summed E-state index contributed by atoms with van der Waals surface area (Å²) in [6.45, 7) is 12.7. The summed E-state index contributed by atoms with van der Waals surface area (Å²) in [6, 6.07) is -0.925. The van der Waals surface area contributed by atoms with E-state index in [1.807, 2.05) is 0 Å². The fraction of sp³-hybridized carbons (Fsp3) is 0.786. The van der Waals surface area contributed by atoms with Crippen molar-refractivity contribution in [3.63, 3.8) is 0 Å². The van der Waals surface area contributed by atoms with Gasteiger partial charge in [0.25, 0.3) is 0 Å². The number of rotatable bonds is 48. The molecule has 3 atom stereocenters. The SMILES string of the molecule is CCCCCCCCCCCCCCCC(=O)C[C@@H](CCC(=O)NCCOCCOCC(=O)NCCCC[C@H](CC(=O)C(C)(C)CCC(=O)C(C)(C)CC(=O)C(C)(C)NC(=O)[C@@H](N)Cc1cnc[nH]1)C(=O)O)C(=O)O. The molecule has 0 aliphatic rings. The first-order valence-electron chi connectivity index (χ1n) is 27.7. The van der Waals surface area contributed by atoms with E-state index in [9.17, 15) is 53.4 Å². The van der Waals surface area contributed by atoms with Gasteiger partial charge in [-0.2, -0.15) is 0 Å². The summed E-state index contributed by atoms with van der Waals surface area (Å²) in [5.41, 5.74) is 3.28. The van der Waals surface area contributed by atoms with Gasteiger partial charge in [-0.3, -0.25) is 43.2 Å². The first kappa shape index (κ1) is 68.1. The molecule has 0 fully saturated rings. The Hall–Kier alpha value is -4.88. The standard InChI is InChI=1S/C56H96N6O13/c1-8-9-10-11-12-13-14-15-16-17-18-19-20-24-44(63)34-42(53(72)73)25-26-49(67)60-30-31-74-32-33-75-39-50(68)59-29-22-21-23-41(52(70)71)35-47(65)54(2,3)28-27-46(64)55(4,5)37-48(66)56(6,7)62-51(69)45(57)36-43-38-58-40-61-43/h38,40-42,45H,8-37,39,57H2,1-7H3,(H,58,61)(H,59,68)(H,60,67)(H,62,69)(H,70,71)(H,72,73)/t41-,42-,45+/m1/s1. The van der Waals surface area contributed by atoms with Gasteiger partial charge in [-0.15, -0.1) is 0 Å². The Morgan fingerprint density at radius 3 is 1.79 bits per heavy atom. The molecule has 3 amide bonds. The number of unbranched alkanes of at least 4 members (excludes halogenated alkanes) is 13. The summed E-state index contributed by atoms with van der Waals surface area (Å²) < 4.78 is 10.8. The minimum atomic E-state index is -1.30. The average molecular weight is 1060 g/mol. The maximum atomic E-state index is 13.4. The topological polar surface area (TPSA) is 303 Å². The highest BCUT2D eigenvalue weighted by atomic mass is 16.5. The third-order valence-corrected chi connectivity index (χ3v) is 13.9. The molecule has 8 N–H and O–H groups in total. The highest BCUT2D eigenvalue weighted by Gasteiger charge is 2.39. The number of aromatic amines is 1. The molecule has 1 aromatic heterocycles. The number of H-pyrrole nitrogens is 1. The minimum absolute atomic E-state index is 0.0142. The smallest absolute Gasteiger partial charge is 0.306 e. The van der Waals surface area contributed by atoms with E-state index < -0.39 is 52.1 Å². The van der Waals surface area contributed by atoms with Crippen LogP contribution in [0.4, 0.5) is 0 Å². The van der Waals surface area contributed by atoms with Gasteiger partial charge in [0.15, 0.2) is 5.78 Å². The van der Waals surface area contributed by atoms with Crippen molar-refractivity contribution in [1.82, 2.24) is 25.9 Å². The second kappa shape index (κ2) is 37.8. The molecule has 19 nitrogen and oxygen atoms in total. The Labute approximate surface area is 446 Å². The van der Waals surface area contributed by atoms with Gasteiger partial charge in [-0.25, -0.2) is 4.98 Å². The third kappa shape index (κ3) is 31.7. The summed E-state index contributed by atoms with van der Waals surface area (Å²) in [7, 11) is 0. The van der Waals surface area contributed by atoms with Gasteiger partial charge < -0.3 is 46.4 Å². The zero-order chi connectivity index (χ0) is 56.3. The number of imidazole rings is 1. The number of ether oxygens (including phenoxy) is 2. The van der Waals surface area contributed by atoms with E-state index in [0.717, 1.165) is 25.7 Å². The molecule has 19 heteroatoms. The third-order valence-electron chi connectivity index (χ3n) is 13.9. The van der Waals surface area contributed by atoms with Crippen LogP contribution >= 0.6 is 0 Å². The molecule has 0 bridgehead atoms. The van der Waals surface area contributed by atoms with Gasteiger partial charge in [0, 0.05) is 80.8 Å². The lowest BCUT2D eigenvalue weighted by atomic mass is 9.73. The van der Waals surface area contributed by atoms with Crippen LogP contribution in [0.3, 0.4) is 0 Å². The summed E-state index contributed by atoms with van der Waals surface area (Å²) >= 11 is 0. The number of hydrogen-bond donors (Lipinski definition) is 7. The average Bonchev–Trinajstić information content (AvgIpc) is 3.86. The van der Waals surface area contributed by atoms with E-state index in [-0.39, 0.29) is 132 Å². The molecule has 0 unspecified atom stereocenters. The predicted molar refractivity (Wildman–Crippen MR) is 286 cm³/mol. The van der Waals surface area contributed by atoms with E-state index in [2.05, 4.69) is 32.8 Å². The fourth-order valence-corrected chi connectivity index (χ4v) is 8.50. The number of nitrogens with zero attached hydrogens (tertiary/aromatic N) is 1. The number of carboxylic acid groups (broad SMARTS) is 2. The van der Waals surface area contributed by atoms with Gasteiger partial charge in [0.2, 0.25) is 17.7 Å². The first-order valence-corrected chi connectivity index (χ1v) is 27.7. The van der Waals surface area contributed by atoms with Crippen molar-refractivity contribution < 1.29 is 62.8 Å². The van der Waals surface area contributed by atoms with Crippen LogP contribution in [0.15, 0.2) is 12.5 Å². The van der Waals surface area contributed by atoms with Crippen molar-refractivity contribution in [1.29, 1.82) is 0 Å². The molecule has 0 radical (unpaired) electrons. The number of ketones is 4. The van der Waals surface area contributed by atoms with Crippen LogP contribution < -0.4 is 21.7 Å². The Balaban J connectivity index is 2.23. The highest BCUT2D eigenvalue weighted by molar-refractivity contribution is 5.97. The summed E-state index contributed by atoms with van der Waals surface area (Å²) in [5.74, 6) is -6.25. The fourth-order valence-electron chi connectivity index (χ4n) is 8.50. The number of nitrogens with one attached hydrogen (secondary N) is 4. The van der Waals surface area contributed by atoms with Crippen LogP contribution in [0.2, 0.25) is 0 Å². The molecule has 75 heavy (non-hydrogen) atoms. The Kier molecular flexibility index (Phi) is 34.3. The van der Waals surface area contributed by atoms with Crippen molar-refractivity contribution in [2.45, 2.75) is 221 Å². The molecule has 0 saturated carbocycles. The van der Waals surface area contributed by atoms with Gasteiger partial charge in [0.05, 0.1) is 49.6 Å². The molecule has 0 spiro atoms. The van der Waals surface area contributed by atoms with Crippen LogP contribution in [0, 0.1) is 22.7 Å². The van der Waals surface area contributed by atoms with E-state index in [1.54, 1.807) is 47.7 Å². The monoisotopic (exact) mass is 1060 g/mol. The number of amides is 3. The van der Waals surface area contributed by atoms with Crippen LogP contribution in [-0.4, -0.2) is 124 Å². The summed E-state index contributed by atoms with van der Waals surface area (Å²) in [4.78, 5) is 121. The number of Topliss-reactive ketones (excluding diaryl/α,β-unsaturated/α-hetero) is 4. The number of hydrogen-bond acceptors (Lipinski definition) is 13. The Bertz CT molecular complexity index is 1880. The van der Waals surface area contributed by atoms with Gasteiger partial charge >= 0.3 is 11.9 Å². The lowest BCUT2D eigenvalue weighted by Gasteiger charge is -2.31. The van der Waals surface area contributed by atoms with E-state index in [1.165, 1.54) is 64.1 Å². The number of carbonyl (C=O) groups excluding carboxylic acids is 7. The molecular weight excluding hydrogens is 965 g/mol. The summed E-state index contributed by atoms with van der Waals surface area (Å²) in [6.07, 6.45) is 20.1. The number of nitrogens with two attached hydrogens (primary N) is 1. The predicted octanol–water partition coefficient (Wildman–Crippen LogP) is 7.55. The summed E-state index contributed by atoms with van der Waals surface area (Å²) in [5, 5.41) is 27.6. The first-order chi connectivity index (χ1) is 35.4. The lowest BCUT2D eigenvalue weighted by molar-refractivity contribution is -0.145. The minimum Gasteiger partial charge on any atom is -0.481 e. The number of carboxylic acids is 2. The highest BCUT2D eigenvalue weighted by Crippen LogP contribution is 2.33. The molecule has 428 valence electrons. The Morgan fingerprint density at radius 2 is 1.20 bits per heavy atom. The molecule has 0 saturated heterocycles. The second-order valence-corrected chi connectivity index (χ2v) is 22.1. The number of carbonyl (C=O) groups is 9. The van der Waals surface area contributed by atoms with Gasteiger partial charge in [0.1, 0.15) is 24.0 Å². The van der Waals surface area contributed by atoms with Crippen molar-refractivity contribution in [3.8, 4) is 0 Å². The molecule has 1 heterocycles. The van der Waals surface area contributed by atoms with Crippen LogP contribution in [0.5, 0.6) is 0 Å². The molecular formula is C56H96N6O13. The molecule has 0 aromatic carbocycles. The number of aromatic nitrogens is 2. The van der Waals surface area contributed by atoms with Crippen LogP contribution in [-0.2, 0) is 59.0 Å². The van der Waals surface area contributed by atoms with E-state index in [0.29, 0.717) is 25.0 Å². The van der Waals surface area contributed by atoms with Crippen LogP contribution in [0.25, 0.3) is 0 Å². The van der Waals surface area contributed by atoms with Crippen molar-refractivity contribution in [2.75, 3.05) is 39.5 Å². The van der Waals surface area contributed by atoms with Gasteiger partial charge in [-0.1, -0.05) is 118 Å². The zero-order valence-electron chi connectivity index (χ0n) is 46.7. The quantitative estimate of drug-likeness (QED) is 0.0310. The Morgan fingerprint density at radius 1 is 0.627 bits per heavy atom. The normalized spacial score (nSPS) is 13.1. The largest absolute Gasteiger partial charge is 0.481 e. The molecule has 0 aliphatic carbocycles. The van der Waals surface area contributed by atoms with E-state index in [4.69, 9.17) is 15.2 Å². The maximum absolute atomic E-state index is 13.4. The molecule has 1 rings (SSSR count). The lowest BCUT2D eigenvalue weighted by Crippen LogP contribution is -2.56. The second-order valence-electron chi connectivity index (χ2n) is 22.1. The zero-order valence-corrected chi connectivity index (χ0v) is 46.7. The molecule has 0 aliphatic heterocycles. The van der Waals surface area contributed by atoms with E-state index >= 15 is 0 Å². The molecule has 1 aromatic rings. The van der Waals surface area contributed by atoms with Gasteiger partial charge in [-0.05, 0) is 46.0 Å².